The van der Waals surface area contributed by atoms with Crippen molar-refractivity contribution in [1.29, 1.82) is 0 Å². The van der Waals surface area contributed by atoms with E-state index in [0.717, 1.165) is 28.3 Å². The average Bonchev–Trinajstić information content (AvgIpc) is 3.65. The van der Waals surface area contributed by atoms with Crippen LogP contribution in [0.4, 0.5) is 5.82 Å². The van der Waals surface area contributed by atoms with Crippen molar-refractivity contribution in [1.82, 2.24) is 9.78 Å². The van der Waals surface area contributed by atoms with Gasteiger partial charge in [0, 0.05) is 34.4 Å². The molecule has 1 aliphatic heterocycles. The topological polar surface area (TPSA) is 76.1 Å². The number of Topliss-reactive ketones (excluding diaryl/α,β-unsaturated/α-hetero) is 1. The molecule has 40 heavy (non-hydrogen) atoms. The normalized spacial score (nSPS) is 18.1. The number of nitrogens with one attached hydrogen (secondary N) is 2. The van der Waals surface area contributed by atoms with Crippen LogP contribution in [-0.4, -0.2) is 15.6 Å². The lowest BCUT2D eigenvalue weighted by atomic mass is 9.74. The van der Waals surface area contributed by atoms with Crippen molar-refractivity contribution >= 4 is 22.9 Å². The lowest BCUT2D eigenvalue weighted by molar-refractivity contribution is -0.116. The fourth-order valence-electron chi connectivity index (χ4n) is 5.81. The van der Waals surface area contributed by atoms with Gasteiger partial charge >= 0.3 is 0 Å². The molecule has 7 rings (SSSR count). The molecule has 198 valence electrons. The zero-order chi connectivity index (χ0) is 27.1. The molecule has 0 fully saturated rings. The molecule has 1 aliphatic carbocycles. The second-order valence-corrected chi connectivity index (χ2v) is 11.2. The number of thiophene rings is 1. The molecule has 2 N–H and O–H groups in total. The van der Waals surface area contributed by atoms with Gasteiger partial charge in [0.15, 0.2) is 5.78 Å². The first-order chi connectivity index (χ1) is 19.7. The van der Waals surface area contributed by atoms with E-state index in [9.17, 15) is 9.59 Å². The summed E-state index contributed by atoms with van der Waals surface area (Å²) in [5, 5.41) is 8.81. The van der Waals surface area contributed by atoms with Crippen molar-refractivity contribution in [2.75, 3.05) is 5.32 Å². The molecule has 2 aliphatic rings. The number of aromatic nitrogens is 2. The number of aromatic amines is 1. The first kappa shape index (κ1) is 24.4. The fraction of sp³-hybridized carbons (Fsp3) is 0.152. The summed E-state index contributed by atoms with van der Waals surface area (Å²) in [6.07, 6.45) is 1.15. The highest BCUT2D eigenvalue weighted by molar-refractivity contribution is 7.10. The molecule has 2 atom stereocenters. The van der Waals surface area contributed by atoms with Crippen molar-refractivity contribution in [2.45, 2.75) is 31.3 Å². The van der Waals surface area contributed by atoms with E-state index in [0.29, 0.717) is 36.4 Å². The third-order valence-electron chi connectivity index (χ3n) is 7.71. The van der Waals surface area contributed by atoms with Gasteiger partial charge in [0.25, 0.3) is 5.56 Å². The molecular weight excluding hydrogens is 518 g/mol. The van der Waals surface area contributed by atoms with Gasteiger partial charge in [-0.2, -0.15) is 0 Å². The summed E-state index contributed by atoms with van der Waals surface area (Å²) in [6.45, 7) is 0.467. The molecule has 0 radical (unpaired) electrons. The molecule has 2 aromatic heterocycles. The van der Waals surface area contributed by atoms with Gasteiger partial charge in [0.1, 0.15) is 18.2 Å². The van der Waals surface area contributed by atoms with E-state index >= 15 is 0 Å². The highest BCUT2D eigenvalue weighted by Crippen LogP contribution is 2.47. The second-order valence-electron chi connectivity index (χ2n) is 10.2. The summed E-state index contributed by atoms with van der Waals surface area (Å²) in [7, 11) is 0. The van der Waals surface area contributed by atoms with Gasteiger partial charge in [-0.05, 0) is 53.3 Å². The standard InChI is InChI=1S/C33H27N3O3S/c37-27-19-23(28-12-7-17-40-28)18-26-30(27)29(22-13-15-25(16-14-22)39-20-21-8-3-1-4-9-21)31-32(34-26)35-36(33(31)38)24-10-5-2-6-11-24/h1-17,23,29,34-35H,18-20H2. The number of ether oxygens (including phenoxy) is 1. The van der Waals surface area contributed by atoms with Gasteiger partial charge in [-0.1, -0.05) is 66.7 Å². The molecule has 0 spiro atoms. The summed E-state index contributed by atoms with van der Waals surface area (Å²) >= 11 is 1.68. The van der Waals surface area contributed by atoms with E-state index in [4.69, 9.17) is 4.74 Å². The highest BCUT2D eigenvalue weighted by Gasteiger charge is 2.41. The van der Waals surface area contributed by atoms with Crippen molar-refractivity contribution in [3.8, 4) is 11.4 Å². The van der Waals surface area contributed by atoms with Crippen molar-refractivity contribution < 1.29 is 9.53 Å². The number of nitrogens with zero attached hydrogens (tertiary/aromatic N) is 1. The Bertz CT molecular complexity index is 1750. The summed E-state index contributed by atoms with van der Waals surface area (Å²) in [5.74, 6) is 1.11. The van der Waals surface area contributed by atoms with Crippen LogP contribution in [0.3, 0.4) is 0 Å². The molecule has 3 aromatic carbocycles. The Kier molecular flexibility index (Phi) is 6.21. The Morgan fingerprint density at radius 3 is 2.33 bits per heavy atom. The minimum atomic E-state index is -0.472. The number of H-pyrrole nitrogens is 1. The molecule has 6 nitrogen and oxygen atoms in total. The molecule has 0 bridgehead atoms. The third kappa shape index (κ3) is 4.38. The Morgan fingerprint density at radius 1 is 0.850 bits per heavy atom. The molecule has 5 aromatic rings. The van der Waals surface area contributed by atoms with Crippen LogP contribution < -0.4 is 15.6 Å². The maximum absolute atomic E-state index is 13.9. The number of rotatable bonds is 6. The van der Waals surface area contributed by atoms with Crippen LogP contribution >= 0.6 is 11.3 Å². The number of allylic oxidation sites excluding steroid dienone is 2. The predicted molar refractivity (Wildman–Crippen MR) is 157 cm³/mol. The van der Waals surface area contributed by atoms with Crippen molar-refractivity contribution in [2.24, 2.45) is 0 Å². The van der Waals surface area contributed by atoms with Gasteiger partial charge < -0.3 is 10.1 Å². The molecule has 0 saturated carbocycles. The van der Waals surface area contributed by atoms with Crippen LogP contribution in [0.1, 0.15) is 46.2 Å². The summed E-state index contributed by atoms with van der Waals surface area (Å²) in [4.78, 5) is 28.9. The minimum Gasteiger partial charge on any atom is -0.489 e. The third-order valence-corrected chi connectivity index (χ3v) is 8.74. The van der Waals surface area contributed by atoms with Gasteiger partial charge in [-0.15, -0.1) is 11.3 Å². The summed E-state index contributed by atoms with van der Waals surface area (Å²) in [6, 6.07) is 31.4. The van der Waals surface area contributed by atoms with E-state index in [1.807, 2.05) is 91.0 Å². The Labute approximate surface area is 235 Å². The first-order valence-corrected chi connectivity index (χ1v) is 14.3. The number of anilines is 1. The zero-order valence-electron chi connectivity index (χ0n) is 21.7. The Hall–Kier alpha value is -4.62. The lowest BCUT2D eigenvalue weighted by Gasteiger charge is -2.34. The van der Waals surface area contributed by atoms with Gasteiger partial charge in [0.2, 0.25) is 0 Å². The smallest absolute Gasteiger partial charge is 0.277 e. The Balaban J connectivity index is 1.28. The lowest BCUT2D eigenvalue weighted by Crippen LogP contribution is -2.31. The van der Waals surface area contributed by atoms with Crippen LogP contribution in [0, 0.1) is 0 Å². The Morgan fingerprint density at radius 2 is 1.60 bits per heavy atom. The molecule has 2 unspecified atom stereocenters. The van der Waals surface area contributed by atoms with E-state index in [1.165, 1.54) is 4.88 Å². The maximum atomic E-state index is 13.9. The van der Waals surface area contributed by atoms with Gasteiger partial charge in [-0.25, -0.2) is 4.68 Å². The maximum Gasteiger partial charge on any atom is 0.277 e. The number of carbonyl (C=O) groups is 1. The second kappa shape index (κ2) is 10.2. The summed E-state index contributed by atoms with van der Waals surface area (Å²) in [5.41, 5.74) is 4.69. The van der Waals surface area contributed by atoms with Crippen LogP contribution in [0.25, 0.3) is 5.69 Å². The van der Waals surface area contributed by atoms with Crippen molar-refractivity contribution in [3.63, 3.8) is 0 Å². The molecule has 0 amide bonds. The van der Waals surface area contributed by atoms with Crippen LogP contribution in [0.5, 0.6) is 5.75 Å². The van der Waals surface area contributed by atoms with Gasteiger partial charge in [0.05, 0.1) is 11.3 Å². The number of hydrogen-bond acceptors (Lipinski definition) is 5. The molecule has 3 heterocycles. The number of benzene rings is 3. The highest BCUT2D eigenvalue weighted by atomic mass is 32.1. The minimum absolute atomic E-state index is 0.0825. The molecule has 0 saturated heterocycles. The zero-order valence-corrected chi connectivity index (χ0v) is 22.5. The molecular formula is C33H27N3O3S. The fourth-order valence-corrected chi connectivity index (χ4v) is 6.64. The average molecular weight is 546 g/mol. The molecule has 7 heteroatoms. The van der Waals surface area contributed by atoms with E-state index in [1.54, 1.807) is 16.0 Å². The number of ketones is 1. The van der Waals surface area contributed by atoms with Crippen molar-refractivity contribution in [3.05, 3.63) is 146 Å². The van der Waals surface area contributed by atoms with E-state index in [2.05, 4.69) is 21.9 Å². The van der Waals surface area contributed by atoms with Gasteiger partial charge in [-0.3, -0.25) is 14.7 Å². The summed E-state index contributed by atoms with van der Waals surface area (Å²) < 4.78 is 7.57. The van der Waals surface area contributed by atoms with Crippen LogP contribution in [-0.2, 0) is 11.4 Å². The monoisotopic (exact) mass is 545 g/mol. The number of para-hydroxylation sites is 1. The van der Waals surface area contributed by atoms with Crippen LogP contribution in [0.2, 0.25) is 0 Å². The first-order valence-electron chi connectivity index (χ1n) is 13.4. The largest absolute Gasteiger partial charge is 0.489 e. The number of carbonyl (C=O) groups excluding carboxylic acids is 1. The van der Waals surface area contributed by atoms with E-state index in [-0.39, 0.29) is 17.3 Å². The SMILES string of the molecule is O=C1CC(c2cccs2)CC2=C1C(c1ccc(OCc3ccccc3)cc1)c1c([nH]n(-c3ccccc3)c1=O)N2. The van der Waals surface area contributed by atoms with E-state index < -0.39 is 5.92 Å². The quantitative estimate of drug-likeness (QED) is 0.247. The predicted octanol–water partition coefficient (Wildman–Crippen LogP) is 6.76. The number of fused-ring (bicyclic) bond motifs is 1. The van der Waals surface area contributed by atoms with Crippen LogP contribution in [0.15, 0.2) is 119 Å². The number of hydrogen-bond donors (Lipinski definition) is 2.